The Morgan fingerprint density at radius 1 is 1.00 bits per heavy atom. The number of likely N-dealkylation sites (tertiary alicyclic amines) is 1. The number of quaternary nitrogens is 2. The van der Waals surface area contributed by atoms with Gasteiger partial charge in [-0.05, 0) is 64.2 Å². The van der Waals surface area contributed by atoms with E-state index in [4.69, 9.17) is 0 Å². The van der Waals surface area contributed by atoms with Crippen LogP contribution in [0.3, 0.4) is 0 Å². The van der Waals surface area contributed by atoms with E-state index < -0.39 is 0 Å². The van der Waals surface area contributed by atoms with Gasteiger partial charge < -0.3 is 20.0 Å². The molecule has 0 spiro atoms. The summed E-state index contributed by atoms with van der Waals surface area (Å²) in [5.41, 5.74) is 3.23. The van der Waals surface area contributed by atoms with E-state index in [1.807, 2.05) is 19.1 Å². The van der Waals surface area contributed by atoms with Crippen LogP contribution in [-0.4, -0.2) is 68.1 Å². The fourth-order valence-electron chi connectivity index (χ4n) is 4.84. The van der Waals surface area contributed by atoms with E-state index in [-0.39, 0.29) is 5.91 Å². The minimum Gasteiger partial charge on any atom is -0.332 e. The zero-order valence-corrected chi connectivity index (χ0v) is 18.5. The Labute approximate surface area is 175 Å². The van der Waals surface area contributed by atoms with Gasteiger partial charge in [0, 0.05) is 17.8 Å². The summed E-state index contributed by atoms with van der Waals surface area (Å²) < 4.78 is 0. The smallest absolute Gasteiger partial charge is 0.279 e. The molecule has 0 saturated carbocycles. The van der Waals surface area contributed by atoms with E-state index in [0.29, 0.717) is 31.1 Å². The number of carbonyl (C=O) groups is 2. The highest BCUT2D eigenvalue weighted by Crippen LogP contribution is 2.22. The molecule has 2 amide bonds. The Balaban J connectivity index is 1.43. The third kappa shape index (κ3) is 5.58. The van der Waals surface area contributed by atoms with E-state index in [9.17, 15) is 9.59 Å². The zero-order chi connectivity index (χ0) is 21.0. The number of hydrogen-bond donors (Lipinski definition) is 3. The second-order valence-electron chi connectivity index (χ2n) is 9.08. The Morgan fingerprint density at radius 3 is 2.21 bits per heavy atom. The maximum Gasteiger partial charge on any atom is 0.279 e. The van der Waals surface area contributed by atoms with Crippen LogP contribution in [0.15, 0.2) is 18.2 Å². The number of anilines is 1. The number of nitrogens with zero attached hydrogens (tertiary/aromatic N) is 1. The maximum absolute atomic E-state index is 12.8. The van der Waals surface area contributed by atoms with Crippen molar-refractivity contribution in [2.45, 2.75) is 59.0 Å². The van der Waals surface area contributed by atoms with Crippen LogP contribution >= 0.6 is 0 Å². The molecule has 1 aromatic rings. The van der Waals surface area contributed by atoms with E-state index in [0.717, 1.165) is 50.3 Å². The monoisotopic (exact) mass is 402 g/mol. The Hall–Kier alpha value is -1.92. The first kappa shape index (κ1) is 21.8. The number of piperidine rings is 1. The van der Waals surface area contributed by atoms with Crippen LogP contribution < -0.4 is 15.1 Å². The minimum atomic E-state index is 0.0733. The van der Waals surface area contributed by atoms with Gasteiger partial charge in [-0.15, -0.1) is 0 Å². The normalized spacial score (nSPS) is 27.5. The number of carbonyl (C=O) groups excluding carboxylic acids is 2. The molecule has 2 aliphatic heterocycles. The number of nitrogens with one attached hydrogen (secondary N) is 3. The molecule has 2 aliphatic rings. The third-order valence-corrected chi connectivity index (χ3v) is 6.84. The van der Waals surface area contributed by atoms with Gasteiger partial charge >= 0.3 is 0 Å². The van der Waals surface area contributed by atoms with Crippen molar-refractivity contribution in [1.82, 2.24) is 4.90 Å². The highest BCUT2D eigenvalue weighted by molar-refractivity contribution is 5.92. The summed E-state index contributed by atoms with van der Waals surface area (Å²) in [5.74, 6) is 0.375. The molecule has 0 aliphatic carbocycles. The van der Waals surface area contributed by atoms with Gasteiger partial charge in [0.25, 0.3) is 11.8 Å². The molecule has 0 radical (unpaired) electrons. The Morgan fingerprint density at radius 2 is 1.59 bits per heavy atom. The second kappa shape index (κ2) is 9.72. The molecule has 2 atom stereocenters. The van der Waals surface area contributed by atoms with Gasteiger partial charge in [0.2, 0.25) is 0 Å². The summed E-state index contributed by atoms with van der Waals surface area (Å²) in [6.07, 6.45) is 3.48. The summed E-state index contributed by atoms with van der Waals surface area (Å²) >= 11 is 0. The van der Waals surface area contributed by atoms with Crippen LogP contribution in [0.4, 0.5) is 5.69 Å². The van der Waals surface area contributed by atoms with Gasteiger partial charge in [0.1, 0.15) is 26.2 Å². The predicted molar refractivity (Wildman–Crippen MR) is 115 cm³/mol. The summed E-state index contributed by atoms with van der Waals surface area (Å²) in [6.45, 7) is 13.3. The Bertz CT molecular complexity index is 718. The molecule has 0 unspecified atom stereocenters. The fraction of sp³-hybridized carbons (Fsp3) is 0.652. The van der Waals surface area contributed by atoms with Crippen molar-refractivity contribution in [3.05, 3.63) is 29.3 Å². The second-order valence-corrected chi connectivity index (χ2v) is 9.08. The number of aryl methyl sites for hydroxylation is 1. The summed E-state index contributed by atoms with van der Waals surface area (Å²) in [7, 11) is 0. The number of piperazine rings is 1. The van der Waals surface area contributed by atoms with E-state index in [1.165, 1.54) is 21.8 Å². The molecule has 6 heteroatoms. The van der Waals surface area contributed by atoms with E-state index in [1.54, 1.807) is 0 Å². The van der Waals surface area contributed by atoms with Gasteiger partial charge in [-0.1, -0.05) is 12.1 Å². The van der Waals surface area contributed by atoms with Crippen molar-refractivity contribution in [2.24, 2.45) is 0 Å². The van der Waals surface area contributed by atoms with Crippen molar-refractivity contribution >= 4 is 17.5 Å². The first-order chi connectivity index (χ1) is 13.8. The summed E-state index contributed by atoms with van der Waals surface area (Å²) in [5, 5.41) is 3.07. The minimum absolute atomic E-state index is 0.0733. The van der Waals surface area contributed by atoms with Crippen molar-refractivity contribution < 1.29 is 19.4 Å². The molecular formula is C23H38N4O2+2. The van der Waals surface area contributed by atoms with Crippen LogP contribution in [-0.2, 0) is 9.59 Å². The number of hydrogen-bond acceptors (Lipinski definition) is 2. The first-order valence-corrected chi connectivity index (χ1v) is 11.2. The SMILES string of the molecule is Cc1cccc(NC(=O)C[NH+]2CC[NH+](CC(=O)N3[C@H](C)CCC[C@H]3C)CC2)c1C. The molecule has 2 saturated heterocycles. The molecule has 1 aromatic carbocycles. The van der Waals surface area contributed by atoms with Crippen molar-refractivity contribution in [1.29, 1.82) is 0 Å². The van der Waals surface area contributed by atoms with Crippen molar-refractivity contribution in [3.63, 3.8) is 0 Å². The molecule has 29 heavy (non-hydrogen) atoms. The molecular weight excluding hydrogens is 364 g/mol. The quantitative estimate of drug-likeness (QED) is 0.640. The number of benzene rings is 1. The van der Waals surface area contributed by atoms with Crippen molar-refractivity contribution in [3.8, 4) is 0 Å². The number of amides is 2. The third-order valence-electron chi connectivity index (χ3n) is 6.84. The molecule has 0 aromatic heterocycles. The molecule has 160 valence electrons. The highest BCUT2D eigenvalue weighted by Gasteiger charge is 2.33. The average molecular weight is 403 g/mol. The summed E-state index contributed by atoms with van der Waals surface area (Å²) in [6, 6.07) is 6.74. The van der Waals surface area contributed by atoms with Crippen LogP contribution in [0, 0.1) is 13.8 Å². The van der Waals surface area contributed by atoms with Crippen LogP contribution in [0.1, 0.15) is 44.2 Å². The van der Waals surface area contributed by atoms with Crippen molar-refractivity contribution in [2.75, 3.05) is 44.6 Å². The standard InChI is InChI=1S/C23H36N4O2/c1-17-7-5-10-21(20(17)4)24-22(28)15-25-11-13-26(14-12-25)16-23(29)27-18(2)8-6-9-19(27)3/h5,7,10,18-19H,6,8-9,11-16H2,1-4H3,(H,24,28)/p+2/t18-,19-/m1/s1. The lowest BCUT2D eigenvalue weighted by Crippen LogP contribution is -3.28. The molecule has 2 heterocycles. The lowest BCUT2D eigenvalue weighted by molar-refractivity contribution is -1.00. The van der Waals surface area contributed by atoms with E-state index in [2.05, 4.69) is 37.1 Å². The number of rotatable bonds is 5. The first-order valence-electron chi connectivity index (χ1n) is 11.2. The van der Waals surface area contributed by atoms with E-state index >= 15 is 0 Å². The lowest BCUT2D eigenvalue weighted by Gasteiger charge is -2.39. The zero-order valence-electron chi connectivity index (χ0n) is 18.5. The molecule has 2 fully saturated rings. The average Bonchev–Trinajstić information content (AvgIpc) is 2.67. The van der Waals surface area contributed by atoms with Gasteiger partial charge in [-0.25, -0.2) is 0 Å². The predicted octanol–water partition coefficient (Wildman–Crippen LogP) is -0.185. The molecule has 6 nitrogen and oxygen atoms in total. The molecule has 3 N–H and O–H groups in total. The maximum atomic E-state index is 12.8. The molecule has 3 rings (SSSR count). The fourth-order valence-corrected chi connectivity index (χ4v) is 4.84. The summed E-state index contributed by atoms with van der Waals surface area (Å²) in [4.78, 5) is 30.1. The van der Waals surface area contributed by atoms with Crippen LogP contribution in [0.25, 0.3) is 0 Å². The highest BCUT2D eigenvalue weighted by atomic mass is 16.2. The van der Waals surface area contributed by atoms with Gasteiger partial charge in [0.05, 0.1) is 0 Å². The largest absolute Gasteiger partial charge is 0.332 e. The van der Waals surface area contributed by atoms with Gasteiger partial charge in [0.15, 0.2) is 13.1 Å². The Kier molecular flexibility index (Phi) is 7.30. The van der Waals surface area contributed by atoms with Crippen LogP contribution in [0.2, 0.25) is 0 Å². The van der Waals surface area contributed by atoms with Gasteiger partial charge in [-0.2, -0.15) is 0 Å². The van der Waals surface area contributed by atoms with Crippen LogP contribution in [0.5, 0.6) is 0 Å². The topological polar surface area (TPSA) is 58.3 Å². The lowest BCUT2D eigenvalue weighted by atomic mass is 9.97. The molecule has 0 bridgehead atoms. The van der Waals surface area contributed by atoms with Gasteiger partial charge in [-0.3, -0.25) is 9.59 Å².